The summed E-state index contributed by atoms with van der Waals surface area (Å²) in [6.07, 6.45) is 0. The van der Waals surface area contributed by atoms with Crippen molar-refractivity contribution < 1.29 is 38.2 Å². The zero-order chi connectivity index (χ0) is 40.3. The number of carboxylic acids is 1. The van der Waals surface area contributed by atoms with Crippen LogP contribution in [0, 0.1) is 5.41 Å². The lowest BCUT2D eigenvalue weighted by molar-refractivity contribution is -0.157. The second-order valence-electron chi connectivity index (χ2n) is 13.0. The molecule has 0 radical (unpaired) electrons. The monoisotopic (exact) mass is 834 g/mol. The van der Waals surface area contributed by atoms with Gasteiger partial charge in [-0.3, -0.25) is 19.2 Å². The summed E-state index contributed by atoms with van der Waals surface area (Å²) in [5.74, 6) is -3.69. The van der Waals surface area contributed by atoms with Gasteiger partial charge in [0.1, 0.15) is 28.1 Å². The van der Waals surface area contributed by atoms with Crippen molar-refractivity contribution >= 4 is 63.5 Å². The van der Waals surface area contributed by atoms with Crippen molar-refractivity contribution in [2.45, 2.75) is 28.7 Å². The molecule has 2 unspecified atom stereocenters. The Labute approximate surface area is 335 Å². The van der Waals surface area contributed by atoms with Crippen molar-refractivity contribution in [1.29, 1.82) is 0 Å². The summed E-state index contributed by atoms with van der Waals surface area (Å²) in [6, 6.07) is 27.8. The van der Waals surface area contributed by atoms with E-state index in [4.69, 9.17) is 0 Å². The van der Waals surface area contributed by atoms with Crippen molar-refractivity contribution in [1.82, 2.24) is 30.0 Å². The van der Waals surface area contributed by atoms with E-state index >= 15 is 0 Å². The number of aromatic hydroxyl groups is 1. The molecule has 3 atom stereocenters. The van der Waals surface area contributed by atoms with Crippen LogP contribution in [0.2, 0.25) is 0 Å². The van der Waals surface area contributed by atoms with E-state index in [1.165, 1.54) is 17.3 Å². The molecule has 294 valence electrons. The summed E-state index contributed by atoms with van der Waals surface area (Å²) >= 11 is 3.15. The average Bonchev–Trinajstić information content (AvgIpc) is 3.68. The number of aryl methyl sites for hydroxylation is 1. The van der Waals surface area contributed by atoms with Crippen molar-refractivity contribution in [2.24, 2.45) is 17.6 Å². The molecule has 0 saturated carbocycles. The third-order valence-corrected chi connectivity index (χ3v) is 13.0. The molecule has 5 aromatic rings. The highest BCUT2D eigenvalue weighted by Gasteiger charge is 2.57. The molecule has 2 aliphatic heterocycles. The van der Waals surface area contributed by atoms with Gasteiger partial charge in [-0.25, -0.2) is 9.67 Å². The fraction of sp³-hybridized carbons (Fsp3) is 0.243. The van der Waals surface area contributed by atoms with Crippen LogP contribution in [0.1, 0.15) is 22.4 Å². The number of alkyl halides is 2. The van der Waals surface area contributed by atoms with E-state index in [2.05, 4.69) is 35.7 Å². The number of hydrogen-bond donors (Lipinski definition) is 4. The first kappa shape index (κ1) is 39.4. The third kappa shape index (κ3) is 7.79. The molecule has 3 aromatic carbocycles. The van der Waals surface area contributed by atoms with E-state index in [1.54, 1.807) is 0 Å². The van der Waals surface area contributed by atoms with E-state index < -0.39 is 63.9 Å². The molecule has 20 heteroatoms. The predicted octanol–water partition coefficient (Wildman–Crippen LogP) is 3.95. The number of nitrogens with one attached hydrogen (secondary N) is 2. The number of anilines is 1. The number of benzene rings is 3. The fourth-order valence-corrected chi connectivity index (χ4v) is 10.1. The minimum absolute atomic E-state index is 0.0121. The minimum Gasteiger partial charge on any atom is -0.488 e. The smallest absolute Gasteiger partial charge is 0.407 e. The van der Waals surface area contributed by atoms with Gasteiger partial charge in [0.2, 0.25) is 5.91 Å². The van der Waals surface area contributed by atoms with E-state index in [0.717, 1.165) is 56.2 Å². The second-order valence-corrected chi connectivity index (χ2v) is 15.9. The Morgan fingerprint density at radius 2 is 1.61 bits per heavy atom. The van der Waals surface area contributed by atoms with Gasteiger partial charge in [0, 0.05) is 30.5 Å². The van der Waals surface area contributed by atoms with Gasteiger partial charge in [-0.05, 0) is 16.7 Å². The van der Waals surface area contributed by atoms with Gasteiger partial charge in [0.05, 0.1) is 0 Å². The first-order chi connectivity index (χ1) is 27.4. The SMILES string of the molecule is Cn1nc(O)c(=O)nc1SCC1(C(=O)O)CS[C@@H]2C(NC(=O)C(=NOC(F)F)c3csc(NC(c4ccccc4)(c4ccccc4)c4ccccc4)n3)C(=O)N2C1. The number of carboxylic acid groups (broad SMARTS) is 1. The van der Waals surface area contributed by atoms with Gasteiger partial charge >= 0.3 is 18.1 Å². The predicted molar refractivity (Wildman–Crippen MR) is 208 cm³/mol. The number of rotatable bonds is 14. The number of β-lactam (4-membered cyclic amide) rings is 1. The summed E-state index contributed by atoms with van der Waals surface area (Å²) in [5, 5.41) is 34.2. The Balaban J connectivity index is 1.11. The summed E-state index contributed by atoms with van der Waals surface area (Å²) in [6.45, 7) is -3.59. The third-order valence-electron chi connectivity index (χ3n) is 9.37. The standard InChI is InChI=1S/C37H32F2N8O7S3/c1-46-35(42-28(49)29(50)44-46)57-20-36(32(52)53)18-47-30(51)26(31(47)56-19-36)41-27(48)25(45-54-33(38)39)24-17-55-34(40-24)43-37(21-11-5-2-6-12-21,22-13-7-3-8-14-22)23-15-9-4-10-16-23/h2-17,26,31,33H,18-20H2,1H3,(H,40,43)(H,41,48)(H,44,50)(H,52,53)/t26?,31-,36?/m1/s1. The molecule has 2 aromatic heterocycles. The number of thioether (sulfide) groups is 2. The summed E-state index contributed by atoms with van der Waals surface area (Å²) < 4.78 is 27.8. The van der Waals surface area contributed by atoms with Gasteiger partial charge in [0.15, 0.2) is 16.0 Å². The average molecular weight is 835 g/mol. The number of fused-ring (bicyclic) bond motifs is 1. The van der Waals surface area contributed by atoms with Crippen LogP contribution in [0.25, 0.3) is 0 Å². The largest absolute Gasteiger partial charge is 0.488 e. The summed E-state index contributed by atoms with van der Waals surface area (Å²) in [7, 11) is 1.43. The lowest BCUT2D eigenvalue weighted by atomic mass is 9.77. The number of amides is 2. The Morgan fingerprint density at radius 1 is 1.02 bits per heavy atom. The number of aromatic nitrogens is 4. The van der Waals surface area contributed by atoms with E-state index in [1.807, 2.05) is 91.0 Å². The fourth-order valence-electron chi connectivity index (χ4n) is 6.56. The quantitative estimate of drug-likeness (QED) is 0.0413. The molecule has 2 amide bonds. The Hall–Kier alpha value is -5.86. The first-order valence-corrected chi connectivity index (χ1v) is 20.0. The van der Waals surface area contributed by atoms with Gasteiger partial charge in [-0.2, -0.15) is 13.8 Å². The maximum Gasteiger partial charge on any atom is 0.407 e. The zero-order valence-electron chi connectivity index (χ0n) is 29.7. The number of nitrogens with zero attached hydrogens (tertiary/aromatic N) is 6. The van der Waals surface area contributed by atoms with Crippen molar-refractivity contribution in [3.8, 4) is 5.88 Å². The highest BCUT2D eigenvalue weighted by Crippen LogP contribution is 2.45. The zero-order valence-corrected chi connectivity index (χ0v) is 32.1. The molecular formula is C37H32F2N8O7S3. The summed E-state index contributed by atoms with van der Waals surface area (Å²) in [5.41, 5.74) is -1.52. The van der Waals surface area contributed by atoms with Crippen LogP contribution >= 0.6 is 34.9 Å². The summed E-state index contributed by atoms with van der Waals surface area (Å²) in [4.78, 5) is 65.5. The highest BCUT2D eigenvalue weighted by atomic mass is 32.2. The normalized spacial score (nSPS) is 19.4. The molecule has 4 N–H and O–H groups in total. The number of oxime groups is 1. The molecule has 0 spiro atoms. The lowest BCUT2D eigenvalue weighted by Gasteiger charge is -2.53. The Kier molecular flexibility index (Phi) is 11.3. The first-order valence-electron chi connectivity index (χ1n) is 17.1. The number of halogens is 2. The van der Waals surface area contributed by atoms with Crippen molar-refractivity contribution in [3.05, 3.63) is 129 Å². The molecule has 4 heterocycles. The van der Waals surface area contributed by atoms with E-state index in [0.29, 0.717) is 5.13 Å². The van der Waals surface area contributed by atoms with Crippen LogP contribution < -0.4 is 16.2 Å². The highest BCUT2D eigenvalue weighted by molar-refractivity contribution is 8.00. The topological polar surface area (TPSA) is 201 Å². The van der Waals surface area contributed by atoms with E-state index in [-0.39, 0.29) is 28.9 Å². The van der Waals surface area contributed by atoms with Crippen molar-refractivity contribution in [2.75, 3.05) is 23.4 Å². The van der Waals surface area contributed by atoms with E-state index in [9.17, 15) is 38.2 Å². The maximum absolute atomic E-state index is 13.8. The van der Waals surface area contributed by atoms with Crippen LogP contribution in [0.5, 0.6) is 5.88 Å². The van der Waals surface area contributed by atoms with Crippen LogP contribution in [-0.4, -0.2) is 94.4 Å². The lowest BCUT2D eigenvalue weighted by Crippen LogP contribution is -2.74. The van der Waals surface area contributed by atoms with Crippen molar-refractivity contribution in [3.63, 3.8) is 0 Å². The Morgan fingerprint density at radius 3 is 2.18 bits per heavy atom. The van der Waals surface area contributed by atoms with Gasteiger partial charge in [-0.15, -0.1) is 28.2 Å². The maximum atomic E-state index is 13.8. The second kappa shape index (κ2) is 16.3. The Bertz CT molecular complexity index is 2280. The number of hydrogen-bond acceptors (Lipinski definition) is 14. The number of thiazole rings is 1. The van der Waals surface area contributed by atoms with Gasteiger partial charge in [0.25, 0.3) is 11.8 Å². The molecule has 2 aliphatic rings. The molecule has 57 heavy (non-hydrogen) atoms. The molecule has 0 bridgehead atoms. The minimum atomic E-state index is -3.36. The molecule has 0 aliphatic carbocycles. The molecular weight excluding hydrogens is 803 g/mol. The molecule has 2 fully saturated rings. The van der Waals surface area contributed by atoms with Crippen LogP contribution in [0.4, 0.5) is 13.9 Å². The van der Waals surface area contributed by atoms with Gasteiger partial charge < -0.3 is 30.6 Å². The van der Waals surface area contributed by atoms with Crippen LogP contribution in [0.15, 0.2) is 111 Å². The van der Waals surface area contributed by atoms with Gasteiger partial charge in [-0.1, -0.05) is 108 Å². The molecule has 2 saturated heterocycles. The number of aliphatic carboxylic acids is 1. The van der Waals surface area contributed by atoms with Crippen LogP contribution in [-0.2, 0) is 31.8 Å². The number of carbonyl (C=O) groups excluding carboxylic acids is 2. The van der Waals surface area contributed by atoms with Crippen LogP contribution in [0.3, 0.4) is 0 Å². The molecule has 15 nitrogen and oxygen atoms in total. The number of carbonyl (C=O) groups is 3. The molecule has 7 rings (SSSR count).